The second kappa shape index (κ2) is 11.7. The first-order valence-corrected chi connectivity index (χ1v) is 13.2. The molecule has 9 heteroatoms. The molecule has 1 saturated heterocycles. The molecule has 2 amide bonds. The number of hydrogen-bond donors (Lipinski definition) is 2. The Hall–Kier alpha value is -3.33. The Morgan fingerprint density at radius 2 is 1.76 bits per heavy atom. The molecule has 2 aromatic carbocycles. The Morgan fingerprint density at radius 3 is 2.41 bits per heavy atom. The molecule has 8 nitrogen and oxygen atoms in total. The second-order valence-electron chi connectivity index (χ2n) is 8.21. The van der Waals surface area contributed by atoms with Crippen LogP contribution in [0.1, 0.15) is 43.4 Å². The summed E-state index contributed by atoms with van der Waals surface area (Å²) in [6.07, 6.45) is 6.88. The van der Waals surface area contributed by atoms with Crippen molar-refractivity contribution in [1.82, 2.24) is 10.2 Å². The summed E-state index contributed by atoms with van der Waals surface area (Å²) in [5.74, 6) is 0.290. The summed E-state index contributed by atoms with van der Waals surface area (Å²) >= 11 is 0. The molecule has 0 saturated carbocycles. The van der Waals surface area contributed by atoms with Crippen LogP contribution in [0.4, 0.5) is 5.69 Å². The van der Waals surface area contributed by atoms with Gasteiger partial charge in [0.2, 0.25) is 15.9 Å². The van der Waals surface area contributed by atoms with E-state index in [-0.39, 0.29) is 24.5 Å². The van der Waals surface area contributed by atoms with Crippen LogP contribution >= 0.6 is 0 Å². The van der Waals surface area contributed by atoms with Crippen molar-refractivity contribution < 1.29 is 22.7 Å². The zero-order valence-electron chi connectivity index (χ0n) is 19.5. The first-order valence-electron chi connectivity index (χ1n) is 11.3. The lowest BCUT2D eigenvalue weighted by Crippen LogP contribution is -2.32. The summed E-state index contributed by atoms with van der Waals surface area (Å²) in [6, 6.07) is 13.8. The third kappa shape index (κ3) is 7.62. The third-order valence-corrected chi connectivity index (χ3v) is 6.08. The molecule has 1 heterocycles. The van der Waals surface area contributed by atoms with E-state index in [1.54, 1.807) is 30.3 Å². The number of likely N-dealkylation sites (tertiary alicyclic amines) is 1. The van der Waals surface area contributed by atoms with Gasteiger partial charge in [0.15, 0.2) is 6.61 Å². The van der Waals surface area contributed by atoms with E-state index in [0.29, 0.717) is 17.9 Å². The van der Waals surface area contributed by atoms with Crippen molar-refractivity contribution in [2.45, 2.75) is 32.2 Å². The Kier molecular flexibility index (Phi) is 8.70. The fourth-order valence-corrected chi connectivity index (χ4v) is 4.33. The summed E-state index contributed by atoms with van der Waals surface area (Å²) in [7, 11) is -3.34. The van der Waals surface area contributed by atoms with E-state index >= 15 is 0 Å². The summed E-state index contributed by atoms with van der Waals surface area (Å²) in [4.78, 5) is 26.7. The number of carbonyl (C=O) groups is 2. The predicted molar refractivity (Wildman–Crippen MR) is 133 cm³/mol. The maximum absolute atomic E-state index is 12.6. The SMILES string of the molecule is CCC(NC(=O)/C=C/c1ccc(NS(C)(=O)=O)cc1)c1ccccc1OCC(=O)N1CCCC1. The monoisotopic (exact) mass is 485 g/mol. The smallest absolute Gasteiger partial charge is 0.260 e. The van der Waals surface area contributed by atoms with Gasteiger partial charge in [0.1, 0.15) is 5.75 Å². The van der Waals surface area contributed by atoms with Crippen molar-refractivity contribution in [3.63, 3.8) is 0 Å². The number of nitrogens with one attached hydrogen (secondary N) is 2. The summed E-state index contributed by atoms with van der Waals surface area (Å²) in [6.45, 7) is 3.50. The minimum atomic E-state index is -3.34. The average Bonchev–Trinajstić information content (AvgIpc) is 3.35. The number of benzene rings is 2. The van der Waals surface area contributed by atoms with E-state index in [9.17, 15) is 18.0 Å². The fraction of sp³-hybridized carbons (Fsp3) is 0.360. The van der Waals surface area contributed by atoms with Gasteiger partial charge in [0, 0.05) is 30.4 Å². The van der Waals surface area contributed by atoms with Crippen LogP contribution in [0.15, 0.2) is 54.6 Å². The van der Waals surface area contributed by atoms with Gasteiger partial charge in [-0.05, 0) is 49.1 Å². The predicted octanol–water partition coefficient (Wildman–Crippen LogP) is 3.34. The molecule has 2 N–H and O–H groups in total. The Balaban J connectivity index is 1.61. The van der Waals surface area contributed by atoms with Crippen molar-refractivity contribution in [2.24, 2.45) is 0 Å². The van der Waals surface area contributed by atoms with E-state index < -0.39 is 10.0 Å². The van der Waals surface area contributed by atoms with Crippen LogP contribution in [0.2, 0.25) is 0 Å². The second-order valence-corrected chi connectivity index (χ2v) is 9.96. The van der Waals surface area contributed by atoms with Crippen molar-refractivity contribution in [3.8, 4) is 5.75 Å². The van der Waals surface area contributed by atoms with Crippen molar-refractivity contribution >= 4 is 33.6 Å². The maximum atomic E-state index is 12.6. The number of hydrogen-bond acceptors (Lipinski definition) is 5. The van der Waals surface area contributed by atoms with Gasteiger partial charge in [0.05, 0.1) is 12.3 Å². The Bertz CT molecular complexity index is 1120. The van der Waals surface area contributed by atoms with Gasteiger partial charge in [-0.15, -0.1) is 0 Å². The molecule has 0 spiro atoms. The zero-order chi connectivity index (χ0) is 24.6. The van der Waals surface area contributed by atoms with Crippen LogP contribution in [0, 0.1) is 0 Å². The van der Waals surface area contributed by atoms with E-state index in [4.69, 9.17) is 4.74 Å². The molecule has 0 radical (unpaired) electrons. The molecule has 1 aliphatic rings. The van der Waals surface area contributed by atoms with E-state index in [1.807, 2.05) is 36.1 Å². The van der Waals surface area contributed by atoms with Crippen LogP contribution in [0.5, 0.6) is 5.75 Å². The van der Waals surface area contributed by atoms with Crippen LogP contribution in [-0.2, 0) is 19.6 Å². The highest BCUT2D eigenvalue weighted by Gasteiger charge is 2.20. The van der Waals surface area contributed by atoms with Gasteiger partial charge in [0.25, 0.3) is 5.91 Å². The number of amides is 2. The minimum Gasteiger partial charge on any atom is -0.483 e. The quantitative estimate of drug-likeness (QED) is 0.502. The highest BCUT2D eigenvalue weighted by molar-refractivity contribution is 7.92. The molecule has 1 fully saturated rings. The molecule has 0 aliphatic carbocycles. The van der Waals surface area contributed by atoms with E-state index in [1.165, 1.54) is 6.08 Å². The average molecular weight is 486 g/mol. The van der Waals surface area contributed by atoms with Gasteiger partial charge in [-0.1, -0.05) is 37.3 Å². The number of anilines is 1. The molecule has 3 rings (SSSR count). The molecular weight excluding hydrogens is 454 g/mol. The van der Waals surface area contributed by atoms with Gasteiger partial charge in [-0.25, -0.2) is 8.42 Å². The first-order chi connectivity index (χ1) is 16.2. The lowest BCUT2D eigenvalue weighted by Gasteiger charge is -2.21. The normalized spacial score (nSPS) is 14.7. The van der Waals surface area contributed by atoms with Crippen LogP contribution in [0.25, 0.3) is 6.08 Å². The number of nitrogens with zero attached hydrogens (tertiary/aromatic N) is 1. The summed E-state index contributed by atoms with van der Waals surface area (Å²) < 4.78 is 30.8. The molecule has 0 aromatic heterocycles. The van der Waals surface area contributed by atoms with Gasteiger partial charge >= 0.3 is 0 Å². The van der Waals surface area contributed by atoms with E-state index in [2.05, 4.69) is 10.0 Å². The number of sulfonamides is 1. The van der Waals surface area contributed by atoms with Crippen molar-refractivity contribution in [2.75, 3.05) is 30.7 Å². The highest BCUT2D eigenvalue weighted by atomic mass is 32.2. The molecule has 0 bridgehead atoms. The lowest BCUT2D eigenvalue weighted by molar-refractivity contribution is -0.132. The number of para-hydroxylation sites is 1. The summed E-state index contributed by atoms with van der Waals surface area (Å²) in [5.41, 5.74) is 2.03. The van der Waals surface area contributed by atoms with Crippen LogP contribution in [0.3, 0.4) is 0 Å². The first kappa shape index (κ1) is 25.3. The number of rotatable bonds is 10. The molecule has 1 aliphatic heterocycles. The van der Waals surface area contributed by atoms with Crippen LogP contribution < -0.4 is 14.8 Å². The van der Waals surface area contributed by atoms with Gasteiger partial charge < -0.3 is 15.0 Å². The maximum Gasteiger partial charge on any atom is 0.260 e. The lowest BCUT2D eigenvalue weighted by atomic mass is 10.0. The minimum absolute atomic E-state index is 0.0223. The number of carbonyl (C=O) groups excluding carboxylic acids is 2. The summed E-state index contributed by atoms with van der Waals surface area (Å²) in [5, 5.41) is 2.99. The molecular formula is C25H31N3O5S. The molecule has 2 aromatic rings. The Labute approximate surface area is 201 Å². The number of ether oxygens (including phenoxy) is 1. The molecule has 34 heavy (non-hydrogen) atoms. The Morgan fingerprint density at radius 1 is 1.09 bits per heavy atom. The van der Waals surface area contributed by atoms with Gasteiger partial charge in [-0.3, -0.25) is 14.3 Å². The van der Waals surface area contributed by atoms with Crippen molar-refractivity contribution in [3.05, 3.63) is 65.7 Å². The van der Waals surface area contributed by atoms with E-state index in [0.717, 1.165) is 43.3 Å². The van der Waals surface area contributed by atoms with Crippen molar-refractivity contribution in [1.29, 1.82) is 0 Å². The standard InChI is InChI=1S/C25H31N3O5S/c1-3-22(21-8-4-5-9-23(21)33-18-25(30)28-16-6-7-17-28)26-24(29)15-12-19-10-13-20(14-11-19)27-34(2,31)32/h4-5,8-15,22,27H,3,6-7,16-18H2,1-2H3,(H,26,29)/b15-12+. The molecule has 182 valence electrons. The zero-order valence-corrected chi connectivity index (χ0v) is 20.3. The molecule has 1 unspecified atom stereocenters. The molecule has 1 atom stereocenters. The largest absolute Gasteiger partial charge is 0.483 e. The van der Waals surface area contributed by atoms with Crippen LogP contribution in [-0.4, -0.2) is 51.1 Å². The highest BCUT2D eigenvalue weighted by Crippen LogP contribution is 2.27. The third-order valence-electron chi connectivity index (χ3n) is 5.47. The fourth-order valence-electron chi connectivity index (χ4n) is 3.76. The van der Waals surface area contributed by atoms with Gasteiger partial charge in [-0.2, -0.15) is 0 Å². The topological polar surface area (TPSA) is 105 Å².